The van der Waals surface area contributed by atoms with Crippen LogP contribution < -0.4 is 5.32 Å². The number of benzene rings is 1. The van der Waals surface area contributed by atoms with E-state index in [1.165, 1.54) is 0 Å². The van der Waals surface area contributed by atoms with Crippen LogP contribution in [-0.2, 0) is 11.2 Å². The molecule has 0 spiro atoms. The first kappa shape index (κ1) is 12.6. The highest BCUT2D eigenvalue weighted by Gasteiger charge is 2.41. The summed E-state index contributed by atoms with van der Waals surface area (Å²) in [4.78, 5) is 12.3. The number of para-hydroxylation sites is 1. The highest BCUT2D eigenvalue weighted by Crippen LogP contribution is 2.38. The molecule has 1 N–H and O–H groups in total. The molecule has 0 heterocycles. The normalized spacial score (nSPS) is 17.1. The molecule has 0 bridgehead atoms. The van der Waals surface area contributed by atoms with Crippen LogP contribution in [0, 0.1) is 16.7 Å². The van der Waals surface area contributed by atoms with Gasteiger partial charge in [-0.15, -0.1) is 0 Å². The monoisotopic (exact) mass is 242 g/mol. The van der Waals surface area contributed by atoms with E-state index in [0.717, 1.165) is 30.5 Å². The molecule has 18 heavy (non-hydrogen) atoms. The summed E-state index contributed by atoms with van der Waals surface area (Å²) in [5, 5.41) is 12.2. The van der Waals surface area contributed by atoms with Crippen molar-refractivity contribution in [2.45, 2.75) is 39.0 Å². The molecule has 0 atom stereocenters. The number of carbonyl (C=O) groups excluding carboxylic acids is 1. The van der Waals surface area contributed by atoms with Gasteiger partial charge in [-0.1, -0.05) is 38.0 Å². The van der Waals surface area contributed by atoms with Crippen LogP contribution in [-0.4, -0.2) is 5.91 Å². The van der Waals surface area contributed by atoms with Gasteiger partial charge in [0.2, 0.25) is 5.91 Å². The summed E-state index contributed by atoms with van der Waals surface area (Å²) in [5.74, 6) is -0.136. The average molecular weight is 242 g/mol. The second kappa shape index (κ2) is 5.22. The largest absolute Gasteiger partial charge is 0.324 e. The van der Waals surface area contributed by atoms with Gasteiger partial charge in [0.1, 0.15) is 5.41 Å². The van der Waals surface area contributed by atoms with E-state index in [1.54, 1.807) is 0 Å². The Labute approximate surface area is 108 Å². The van der Waals surface area contributed by atoms with Gasteiger partial charge in [-0.3, -0.25) is 4.79 Å². The zero-order valence-electron chi connectivity index (χ0n) is 10.7. The van der Waals surface area contributed by atoms with Crippen molar-refractivity contribution in [3.63, 3.8) is 0 Å². The lowest BCUT2D eigenvalue weighted by Crippen LogP contribution is -2.32. The summed E-state index contributed by atoms with van der Waals surface area (Å²) >= 11 is 0. The number of nitriles is 1. The fraction of sp³-hybridized carbons (Fsp3) is 0.467. The number of aryl methyl sites for hydroxylation is 1. The third-order valence-electron chi connectivity index (χ3n) is 3.75. The van der Waals surface area contributed by atoms with Gasteiger partial charge >= 0.3 is 0 Å². The molecule has 1 aromatic carbocycles. The van der Waals surface area contributed by atoms with E-state index in [0.29, 0.717) is 12.8 Å². The van der Waals surface area contributed by atoms with E-state index >= 15 is 0 Å². The van der Waals surface area contributed by atoms with Gasteiger partial charge in [0, 0.05) is 5.69 Å². The smallest absolute Gasteiger partial charge is 0.244 e. The molecule has 3 nitrogen and oxygen atoms in total. The standard InChI is InChI=1S/C15H18N2O/c1-2-12-7-3-4-8-13(12)17-14(18)15(11-16)9-5-6-10-15/h3-4,7-8H,2,5-6,9-10H2,1H3,(H,17,18). The van der Waals surface area contributed by atoms with Crippen molar-refractivity contribution in [2.24, 2.45) is 5.41 Å². The van der Waals surface area contributed by atoms with Gasteiger partial charge in [-0.2, -0.15) is 5.26 Å². The predicted molar refractivity (Wildman–Crippen MR) is 71.0 cm³/mol. The molecule has 3 heteroatoms. The molecule has 1 amide bonds. The van der Waals surface area contributed by atoms with Crippen molar-refractivity contribution < 1.29 is 4.79 Å². The fourth-order valence-corrected chi connectivity index (χ4v) is 2.56. The third-order valence-corrected chi connectivity index (χ3v) is 3.75. The lowest BCUT2D eigenvalue weighted by molar-refractivity contribution is -0.122. The van der Waals surface area contributed by atoms with Crippen LogP contribution in [0.2, 0.25) is 0 Å². The Balaban J connectivity index is 2.19. The van der Waals surface area contributed by atoms with Crippen LogP contribution in [0.15, 0.2) is 24.3 Å². The van der Waals surface area contributed by atoms with Crippen molar-refractivity contribution in [3.8, 4) is 6.07 Å². The van der Waals surface area contributed by atoms with Crippen LogP contribution in [0.1, 0.15) is 38.2 Å². The van der Waals surface area contributed by atoms with Crippen LogP contribution in [0.25, 0.3) is 0 Å². The Morgan fingerprint density at radius 2 is 2.06 bits per heavy atom. The molecular weight excluding hydrogens is 224 g/mol. The van der Waals surface area contributed by atoms with Crippen molar-refractivity contribution in [2.75, 3.05) is 5.32 Å². The number of carbonyl (C=O) groups is 1. The van der Waals surface area contributed by atoms with Crippen molar-refractivity contribution in [1.29, 1.82) is 5.26 Å². The first-order valence-electron chi connectivity index (χ1n) is 6.52. The second-order valence-electron chi connectivity index (χ2n) is 4.87. The lowest BCUT2D eigenvalue weighted by atomic mass is 9.87. The van der Waals surface area contributed by atoms with Crippen molar-refractivity contribution in [3.05, 3.63) is 29.8 Å². The lowest BCUT2D eigenvalue weighted by Gasteiger charge is -2.20. The average Bonchev–Trinajstić information content (AvgIpc) is 2.89. The van der Waals surface area contributed by atoms with E-state index < -0.39 is 5.41 Å². The zero-order chi connectivity index (χ0) is 13.0. The number of hydrogen-bond acceptors (Lipinski definition) is 2. The highest BCUT2D eigenvalue weighted by atomic mass is 16.2. The predicted octanol–water partition coefficient (Wildman–Crippen LogP) is 3.27. The molecule has 0 aromatic heterocycles. The quantitative estimate of drug-likeness (QED) is 0.884. The van der Waals surface area contributed by atoms with Gasteiger partial charge in [0.05, 0.1) is 6.07 Å². The third kappa shape index (κ3) is 2.24. The molecule has 1 aliphatic carbocycles. The second-order valence-corrected chi connectivity index (χ2v) is 4.87. The Hall–Kier alpha value is -1.82. The molecule has 0 saturated heterocycles. The number of nitrogens with zero attached hydrogens (tertiary/aromatic N) is 1. The topological polar surface area (TPSA) is 52.9 Å². The molecule has 1 aromatic rings. The van der Waals surface area contributed by atoms with Crippen LogP contribution in [0.3, 0.4) is 0 Å². The van der Waals surface area contributed by atoms with Crippen LogP contribution >= 0.6 is 0 Å². The molecule has 1 saturated carbocycles. The maximum absolute atomic E-state index is 12.3. The summed E-state index contributed by atoms with van der Waals surface area (Å²) in [6.45, 7) is 2.06. The van der Waals surface area contributed by atoms with E-state index in [4.69, 9.17) is 0 Å². The molecule has 0 radical (unpaired) electrons. The van der Waals surface area contributed by atoms with Gasteiger partial charge in [0.25, 0.3) is 0 Å². The number of rotatable bonds is 3. The molecule has 1 fully saturated rings. The fourth-order valence-electron chi connectivity index (χ4n) is 2.56. The maximum Gasteiger partial charge on any atom is 0.244 e. The van der Waals surface area contributed by atoms with E-state index in [2.05, 4.69) is 18.3 Å². The summed E-state index contributed by atoms with van der Waals surface area (Å²) in [5.41, 5.74) is 1.14. The van der Waals surface area contributed by atoms with Crippen molar-refractivity contribution in [1.82, 2.24) is 0 Å². The molecule has 94 valence electrons. The summed E-state index contributed by atoms with van der Waals surface area (Å²) in [6.07, 6.45) is 4.18. The van der Waals surface area contributed by atoms with Gasteiger partial charge in [-0.05, 0) is 30.9 Å². The number of amides is 1. The first-order valence-corrected chi connectivity index (χ1v) is 6.52. The summed E-state index contributed by atoms with van der Waals surface area (Å²) in [7, 11) is 0. The molecule has 0 unspecified atom stereocenters. The minimum atomic E-state index is -0.805. The minimum absolute atomic E-state index is 0.136. The summed E-state index contributed by atoms with van der Waals surface area (Å²) in [6, 6.07) is 9.99. The SMILES string of the molecule is CCc1ccccc1NC(=O)C1(C#N)CCCC1. The Kier molecular flexibility index (Phi) is 3.66. The van der Waals surface area contributed by atoms with E-state index in [1.807, 2.05) is 24.3 Å². The Morgan fingerprint density at radius 1 is 1.39 bits per heavy atom. The number of anilines is 1. The van der Waals surface area contributed by atoms with E-state index in [9.17, 15) is 10.1 Å². The number of nitrogens with one attached hydrogen (secondary N) is 1. The van der Waals surface area contributed by atoms with Crippen LogP contribution in [0.4, 0.5) is 5.69 Å². The van der Waals surface area contributed by atoms with E-state index in [-0.39, 0.29) is 5.91 Å². The number of hydrogen-bond donors (Lipinski definition) is 1. The minimum Gasteiger partial charge on any atom is -0.324 e. The van der Waals surface area contributed by atoms with Gasteiger partial charge in [-0.25, -0.2) is 0 Å². The van der Waals surface area contributed by atoms with Gasteiger partial charge in [0.15, 0.2) is 0 Å². The Bertz CT molecular complexity index is 482. The van der Waals surface area contributed by atoms with Gasteiger partial charge < -0.3 is 5.32 Å². The molecule has 2 rings (SSSR count). The molecule has 1 aliphatic rings. The Morgan fingerprint density at radius 3 is 2.67 bits per heavy atom. The van der Waals surface area contributed by atoms with Crippen LogP contribution in [0.5, 0.6) is 0 Å². The maximum atomic E-state index is 12.3. The van der Waals surface area contributed by atoms with Crippen molar-refractivity contribution >= 4 is 11.6 Å². The molecule has 0 aliphatic heterocycles. The highest BCUT2D eigenvalue weighted by molar-refractivity contribution is 5.98. The first-order chi connectivity index (χ1) is 8.72. The zero-order valence-corrected chi connectivity index (χ0v) is 10.7. The summed E-state index contributed by atoms with van der Waals surface area (Å²) < 4.78 is 0. The molecular formula is C15H18N2O.